The molecule has 0 heterocycles. The molecule has 1 nitrogen and oxygen atoms in total. The van der Waals surface area contributed by atoms with Gasteiger partial charge < -0.3 is 5.32 Å². The lowest BCUT2D eigenvalue weighted by Gasteiger charge is -2.17. The van der Waals surface area contributed by atoms with Crippen LogP contribution in [0, 0.1) is 5.92 Å². The van der Waals surface area contributed by atoms with Crippen LogP contribution in [-0.2, 0) is 6.42 Å². The van der Waals surface area contributed by atoms with E-state index in [1.165, 1.54) is 49.8 Å². The van der Waals surface area contributed by atoms with E-state index in [0.717, 1.165) is 18.9 Å². The maximum atomic E-state index is 3.66. The first-order chi connectivity index (χ1) is 8.40. The quantitative estimate of drug-likeness (QED) is 0.745. The molecule has 1 N–H and O–H groups in total. The Morgan fingerprint density at radius 1 is 1.06 bits per heavy atom. The third-order valence-corrected chi connectivity index (χ3v) is 3.95. The molecule has 1 aromatic carbocycles. The molecule has 1 aliphatic rings. The Labute approximate surface area is 106 Å². The summed E-state index contributed by atoms with van der Waals surface area (Å²) in [7, 11) is 0. The Morgan fingerprint density at radius 3 is 2.47 bits per heavy atom. The number of rotatable bonds is 4. The molecule has 0 amide bonds. The van der Waals surface area contributed by atoms with E-state index >= 15 is 0 Å². The van der Waals surface area contributed by atoms with Crippen molar-refractivity contribution in [2.75, 3.05) is 11.9 Å². The van der Waals surface area contributed by atoms with Gasteiger partial charge in [0.15, 0.2) is 0 Å². The Morgan fingerprint density at radius 2 is 1.76 bits per heavy atom. The first kappa shape index (κ1) is 12.5. The molecule has 1 aromatic rings. The van der Waals surface area contributed by atoms with Gasteiger partial charge in [-0.25, -0.2) is 0 Å². The summed E-state index contributed by atoms with van der Waals surface area (Å²) in [5.74, 6) is 0.891. The monoisotopic (exact) mass is 231 g/mol. The van der Waals surface area contributed by atoms with Crippen LogP contribution in [0.5, 0.6) is 0 Å². The van der Waals surface area contributed by atoms with Crippen LogP contribution in [0.15, 0.2) is 24.3 Å². The minimum absolute atomic E-state index is 0.891. The maximum Gasteiger partial charge on any atom is 0.0372 e. The summed E-state index contributed by atoms with van der Waals surface area (Å²) in [4.78, 5) is 0. The van der Waals surface area contributed by atoms with Gasteiger partial charge in [-0.2, -0.15) is 0 Å². The Hall–Kier alpha value is -0.980. The predicted octanol–water partition coefficient (Wildman–Crippen LogP) is 4.63. The van der Waals surface area contributed by atoms with Crippen molar-refractivity contribution in [1.82, 2.24) is 0 Å². The number of nitrogens with one attached hydrogen (secondary N) is 1. The van der Waals surface area contributed by atoms with E-state index in [1.54, 1.807) is 0 Å². The van der Waals surface area contributed by atoms with Gasteiger partial charge in [-0.05, 0) is 36.8 Å². The molecule has 94 valence electrons. The van der Waals surface area contributed by atoms with Crippen molar-refractivity contribution in [3.63, 3.8) is 0 Å². The second kappa shape index (κ2) is 6.68. The average molecular weight is 231 g/mol. The third kappa shape index (κ3) is 3.76. The van der Waals surface area contributed by atoms with E-state index in [9.17, 15) is 0 Å². The first-order valence-corrected chi connectivity index (χ1v) is 7.22. The van der Waals surface area contributed by atoms with Crippen molar-refractivity contribution in [3.8, 4) is 0 Å². The topological polar surface area (TPSA) is 12.0 Å². The standard InChI is InChI=1S/C16H25N/c1-2-15-11-7-8-12-16(15)17-13-14-9-5-3-4-6-10-14/h7-8,11-12,14,17H,2-6,9-10,13H2,1H3. The van der Waals surface area contributed by atoms with E-state index in [0.29, 0.717) is 0 Å². The van der Waals surface area contributed by atoms with Gasteiger partial charge in [-0.3, -0.25) is 0 Å². The van der Waals surface area contributed by atoms with Crippen LogP contribution in [0.2, 0.25) is 0 Å². The number of hydrogen-bond acceptors (Lipinski definition) is 1. The number of aryl methyl sites for hydroxylation is 1. The van der Waals surface area contributed by atoms with Crippen molar-refractivity contribution < 1.29 is 0 Å². The minimum Gasteiger partial charge on any atom is -0.385 e. The predicted molar refractivity (Wildman–Crippen MR) is 75.5 cm³/mol. The van der Waals surface area contributed by atoms with Crippen molar-refractivity contribution in [2.24, 2.45) is 5.92 Å². The summed E-state index contributed by atoms with van der Waals surface area (Å²) in [6.07, 6.45) is 9.71. The molecule has 1 aliphatic carbocycles. The molecule has 2 rings (SSSR count). The molecule has 0 aromatic heterocycles. The summed E-state index contributed by atoms with van der Waals surface area (Å²) in [6.45, 7) is 3.39. The van der Waals surface area contributed by atoms with Gasteiger partial charge in [-0.1, -0.05) is 50.8 Å². The SMILES string of the molecule is CCc1ccccc1NCC1CCCCCC1. The number of hydrogen-bond donors (Lipinski definition) is 1. The largest absolute Gasteiger partial charge is 0.385 e. The van der Waals surface area contributed by atoms with Crippen LogP contribution in [-0.4, -0.2) is 6.54 Å². The zero-order valence-electron chi connectivity index (χ0n) is 11.0. The second-order valence-electron chi connectivity index (χ2n) is 5.25. The fourth-order valence-electron chi connectivity index (χ4n) is 2.82. The van der Waals surface area contributed by atoms with Crippen LogP contribution in [0.3, 0.4) is 0 Å². The average Bonchev–Trinajstić information content (AvgIpc) is 2.65. The molecular formula is C16H25N. The zero-order valence-corrected chi connectivity index (χ0v) is 11.0. The van der Waals surface area contributed by atoms with Crippen LogP contribution >= 0.6 is 0 Å². The van der Waals surface area contributed by atoms with E-state index < -0.39 is 0 Å². The smallest absolute Gasteiger partial charge is 0.0372 e. The molecule has 0 unspecified atom stereocenters. The number of anilines is 1. The van der Waals surface area contributed by atoms with Gasteiger partial charge in [-0.15, -0.1) is 0 Å². The highest BCUT2D eigenvalue weighted by atomic mass is 14.9. The Balaban J connectivity index is 1.87. The minimum atomic E-state index is 0.891. The lowest BCUT2D eigenvalue weighted by Crippen LogP contribution is -2.14. The van der Waals surface area contributed by atoms with Crippen molar-refractivity contribution in [3.05, 3.63) is 29.8 Å². The van der Waals surface area contributed by atoms with Crippen LogP contribution < -0.4 is 5.32 Å². The molecule has 0 saturated heterocycles. The summed E-state index contributed by atoms with van der Waals surface area (Å²) in [5.41, 5.74) is 2.79. The normalized spacial score (nSPS) is 17.7. The van der Waals surface area contributed by atoms with Crippen molar-refractivity contribution in [1.29, 1.82) is 0 Å². The van der Waals surface area contributed by atoms with Gasteiger partial charge in [0.2, 0.25) is 0 Å². The van der Waals surface area contributed by atoms with E-state index in [1.807, 2.05) is 0 Å². The summed E-state index contributed by atoms with van der Waals surface area (Å²) >= 11 is 0. The fourth-order valence-corrected chi connectivity index (χ4v) is 2.82. The molecular weight excluding hydrogens is 206 g/mol. The Kier molecular flexibility index (Phi) is 4.90. The molecule has 17 heavy (non-hydrogen) atoms. The molecule has 0 aliphatic heterocycles. The molecule has 1 fully saturated rings. The highest BCUT2D eigenvalue weighted by Gasteiger charge is 2.12. The van der Waals surface area contributed by atoms with Gasteiger partial charge in [0.1, 0.15) is 0 Å². The van der Waals surface area contributed by atoms with E-state index in [4.69, 9.17) is 0 Å². The van der Waals surface area contributed by atoms with Crippen LogP contribution in [0.25, 0.3) is 0 Å². The van der Waals surface area contributed by atoms with Gasteiger partial charge in [0.05, 0.1) is 0 Å². The molecule has 0 radical (unpaired) electrons. The summed E-state index contributed by atoms with van der Waals surface area (Å²) < 4.78 is 0. The lowest BCUT2D eigenvalue weighted by molar-refractivity contribution is 0.483. The molecule has 1 heteroatoms. The van der Waals surface area contributed by atoms with Gasteiger partial charge in [0, 0.05) is 12.2 Å². The van der Waals surface area contributed by atoms with E-state index in [-0.39, 0.29) is 0 Å². The molecule has 0 spiro atoms. The summed E-state index contributed by atoms with van der Waals surface area (Å²) in [6, 6.07) is 8.72. The molecule has 0 bridgehead atoms. The van der Waals surface area contributed by atoms with Crippen molar-refractivity contribution in [2.45, 2.75) is 51.9 Å². The number of para-hydroxylation sites is 1. The maximum absolute atomic E-state index is 3.66. The first-order valence-electron chi connectivity index (χ1n) is 7.22. The lowest BCUT2D eigenvalue weighted by atomic mass is 10.00. The van der Waals surface area contributed by atoms with Crippen molar-refractivity contribution >= 4 is 5.69 Å². The number of benzene rings is 1. The molecule has 0 atom stereocenters. The third-order valence-electron chi connectivity index (χ3n) is 3.95. The highest BCUT2D eigenvalue weighted by molar-refractivity contribution is 5.51. The molecule has 1 saturated carbocycles. The fraction of sp³-hybridized carbons (Fsp3) is 0.625. The summed E-state index contributed by atoms with van der Waals surface area (Å²) in [5, 5.41) is 3.66. The van der Waals surface area contributed by atoms with Gasteiger partial charge in [0.25, 0.3) is 0 Å². The highest BCUT2D eigenvalue weighted by Crippen LogP contribution is 2.24. The Bertz CT molecular complexity index is 324. The van der Waals surface area contributed by atoms with Gasteiger partial charge >= 0.3 is 0 Å². The van der Waals surface area contributed by atoms with Crippen LogP contribution in [0.4, 0.5) is 5.69 Å². The van der Waals surface area contributed by atoms with E-state index in [2.05, 4.69) is 36.5 Å². The van der Waals surface area contributed by atoms with Crippen LogP contribution in [0.1, 0.15) is 51.0 Å². The second-order valence-corrected chi connectivity index (χ2v) is 5.25. The zero-order chi connectivity index (χ0) is 11.9.